The molecule has 0 saturated heterocycles. The van der Waals surface area contributed by atoms with Crippen LogP contribution in [0.1, 0.15) is 44.0 Å². The minimum Gasteiger partial charge on any atom is -0.472 e. The maximum Gasteiger partial charge on any atom is 0.173 e. The minimum absolute atomic E-state index is 0.0741. The molecule has 1 heterocycles. The van der Waals surface area contributed by atoms with Gasteiger partial charge in [0.15, 0.2) is 5.78 Å². The number of Topliss-reactive ketones (excluding diaryl/α,β-unsaturated/α-hetero) is 1. The highest BCUT2D eigenvalue weighted by molar-refractivity contribution is 5.99. The molecule has 2 heteroatoms. The average Bonchev–Trinajstić information content (AvgIpc) is 2.85. The summed E-state index contributed by atoms with van der Waals surface area (Å²) in [6.07, 6.45) is 7.38. The van der Waals surface area contributed by atoms with Crippen LogP contribution < -0.4 is 0 Å². The van der Waals surface area contributed by atoms with Crippen molar-refractivity contribution < 1.29 is 9.21 Å². The van der Waals surface area contributed by atoms with Gasteiger partial charge in [0.2, 0.25) is 0 Å². The molecule has 0 fully saturated rings. The molecule has 0 N–H and O–H groups in total. The number of allylic oxidation sites excluding steroid dienone is 2. The largest absolute Gasteiger partial charge is 0.472 e. The number of hydrogen-bond acceptors (Lipinski definition) is 2. The molecule has 1 aromatic heterocycles. The topological polar surface area (TPSA) is 30.2 Å². The van der Waals surface area contributed by atoms with Crippen LogP contribution >= 0.6 is 0 Å². The summed E-state index contributed by atoms with van der Waals surface area (Å²) in [6.45, 7) is 6.58. The first-order valence-electron chi connectivity index (χ1n) is 6.35. The lowest BCUT2D eigenvalue weighted by molar-refractivity contribution is 0.0932. The van der Waals surface area contributed by atoms with E-state index in [9.17, 15) is 4.79 Å². The third-order valence-corrected chi connectivity index (χ3v) is 3.32. The molecule has 1 aliphatic rings. The van der Waals surface area contributed by atoms with Gasteiger partial charge >= 0.3 is 0 Å². The maximum atomic E-state index is 12.3. The molecule has 92 valence electrons. The van der Waals surface area contributed by atoms with Gasteiger partial charge in [-0.2, -0.15) is 0 Å². The average molecular weight is 232 g/mol. The Kier molecular flexibility index (Phi) is 3.51. The van der Waals surface area contributed by atoms with Crippen molar-refractivity contribution in [3.05, 3.63) is 35.8 Å². The number of rotatable bonds is 4. The zero-order valence-corrected chi connectivity index (χ0v) is 10.8. The van der Waals surface area contributed by atoms with Crippen molar-refractivity contribution in [2.24, 2.45) is 17.8 Å². The normalized spacial score (nSPS) is 24.1. The quantitative estimate of drug-likeness (QED) is 0.578. The molecule has 2 atom stereocenters. The van der Waals surface area contributed by atoms with Crippen LogP contribution in [-0.4, -0.2) is 5.78 Å². The van der Waals surface area contributed by atoms with Gasteiger partial charge in [0.1, 0.15) is 6.26 Å². The Balaban J connectivity index is 2.15. The summed E-state index contributed by atoms with van der Waals surface area (Å²) in [4.78, 5) is 12.3. The van der Waals surface area contributed by atoms with Gasteiger partial charge in [-0.05, 0) is 30.7 Å². The molecule has 0 bridgehead atoms. The van der Waals surface area contributed by atoms with Crippen molar-refractivity contribution in [2.45, 2.75) is 33.6 Å². The summed E-state index contributed by atoms with van der Waals surface area (Å²) in [7, 11) is 0. The van der Waals surface area contributed by atoms with Crippen LogP contribution in [-0.2, 0) is 0 Å². The lowest BCUT2D eigenvalue weighted by Gasteiger charge is -2.15. The van der Waals surface area contributed by atoms with E-state index >= 15 is 0 Å². The van der Waals surface area contributed by atoms with Gasteiger partial charge in [-0.15, -0.1) is 0 Å². The zero-order chi connectivity index (χ0) is 12.4. The predicted octanol–water partition coefficient (Wildman–Crippen LogP) is 4.09. The second-order valence-corrected chi connectivity index (χ2v) is 5.48. The van der Waals surface area contributed by atoms with E-state index < -0.39 is 0 Å². The van der Waals surface area contributed by atoms with Crippen molar-refractivity contribution in [1.82, 2.24) is 0 Å². The fraction of sp³-hybridized carbons (Fsp3) is 0.533. The number of carbonyl (C=O) groups is 1. The van der Waals surface area contributed by atoms with E-state index in [1.165, 1.54) is 5.57 Å². The molecule has 0 spiro atoms. The summed E-state index contributed by atoms with van der Waals surface area (Å²) in [6, 6.07) is 1.76. The number of ketones is 1. The molecule has 0 radical (unpaired) electrons. The van der Waals surface area contributed by atoms with Crippen LogP contribution in [0, 0.1) is 17.8 Å². The Hall–Kier alpha value is -1.31. The van der Waals surface area contributed by atoms with Crippen LogP contribution in [0.15, 0.2) is 34.7 Å². The van der Waals surface area contributed by atoms with Crippen molar-refractivity contribution >= 4 is 5.78 Å². The Morgan fingerprint density at radius 3 is 2.88 bits per heavy atom. The predicted molar refractivity (Wildman–Crippen MR) is 67.8 cm³/mol. The fourth-order valence-electron chi connectivity index (χ4n) is 2.64. The van der Waals surface area contributed by atoms with E-state index in [0.29, 0.717) is 17.4 Å². The Morgan fingerprint density at radius 2 is 2.29 bits per heavy atom. The second kappa shape index (κ2) is 4.91. The fourth-order valence-corrected chi connectivity index (χ4v) is 2.64. The van der Waals surface area contributed by atoms with Gasteiger partial charge in [0.25, 0.3) is 0 Å². The third kappa shape index (κ3) is 2.68. The second-order valence-electron chi connectivity index (χ2n) is 5.48. The number of hydrogen-bond donors (Lipinski definition) is 0. The highest BCUT2D eigenvalue weighted by Gasteiger charge is 2.31. The van der Waals surface area contributed by atoms with Crippen molar-refractivity contribution in [3.8, 4) is 0 Å². The van der Waals surface area contributed by atoms with Crippen LogP contribution in [0.3, 0.4) is 0 Å². The van der Waals surface area contributed by atoms with Gasteiger partial charge in [-0.25, -0.2) is 0 Å². The van der Waals surface area contributed by atoms with Gasteiger partial charge in [-0.3, -0.25) is 4.79 Å². The van der Waals surface area contributed by atoms with Gasteiger partial charge < -0.3 is 4.42 Å². The van der Waals surface area contributed by atoms with E-state index in [-0.39, 0.29) is 11.7 Å². The molecule has 1 aliphatic carbocycles. The molecule has 0 amide bonds. The van der Waals surface area contributed by atoms with E-state index in [2.05, 4.69) is 26.8 Å². The van der Waals surface area contributed by atoms with E-state index in [4.69, 9.17) is 4.42 Å². The standard InChI is InChI=1S/C15H20O2/c1-10(2)6-13-7-11(3)8-14(13)15(16)12-4-5-17-9-12/h4-5,7,9-11,14H,6,8H2,1-3H3/t11-,14-/m0/s1. The molecule has 2 rings (SSSR count). The van der Waals surface area contributed by atoms with E-state index in [0.717, 1.165) is 12.8 Å². The van der Waals surface area contributed by atoms with Crippen LogP contribution in [0.2, 0.25) is 0 Å². The molecule has 0 aromatic carbocycles. The first-order chi connectivity index (χ1) is 8.08. The first-order valence-corrected chi connectivity index (χ1v) is 6.35. The van der Waals surface area contributed by atoms with Gasteiger partial charge in [-0.1, -0.05) is 32.4 Å². The first kappa shape index (κ1) is 12.2. The van der Waals surface area contributed by atoms with Crippen molar-refractivity contribution in [2.75, 3.05) is 0 Å². The van der Waals surface area contributed by atoms with Crippen LogP contribution in [0.5, 0.6) is 0 Å². The van der Waals surface area contributed by atoms with E-state index in [1.807, 2.05) is 0 Å². The maximum absolute atomic E-state index is 12.3. The lowest BCUT2D eigenvalue weighted by Crippen LogP contribution is -2.15. The molecule has 0 saturated carbocycles. The monoisotopic (exact) mass is 232 g/mol. The molecular weight excluding hydrogens is 212 g/mol. The smallest absolute Gasteiger partial charge is 0.173 e. The molecule has 17 heavy (non-hydrogen) atoms. The molecule has 1 aromatic rings. The highest BCUT2D eigenvalue weighted by Crippen LogP contribution is 2.36. The zero-order valence-electron chi connectivity index (χ0n) is 10.8. The molecule has 0 aliphatic heterocycles. The highest BCUT2D eigenvalue weighted by atomic mass is 16.3. The van der Waals surface area contributed by atoms with Crippen molar-refractivity contribution in [3.63, 3.8) is 0 Å². The van der Waals surface area contributed by atoms with Crippen molar-refractivity contribution in [1.29, 1.82) is 0 Å². The van der Waals surface area contributed by atoms with Gasteiger partial charge in [0, 0.05) is 5.92 Å². The van der Waals surface area contributed by atoms with Crippen LogP contribution in [0.25, 0.3) is 0 Å². The summed E-state index contributed by atoms with van der Waals surface area (Å²) in [5, 5.41) is 0. The molecule has 2 nitrogen and oxygen atoms in total. The Labute approximate surface area is 103 Å². The lowest BCUT2D eigenvalue weighted by atomic mass is 9.88. The summed E-state index contributed by atoms with van der Waals surface area (Å²) in [5.41, 5.74) is 2.03. The summed E-state index contributed by atoms with van der Waals surface area (Å²) < 4.78 is 5.00. The summed E-state index contributed by atoms with van der Waals surface area (Å²) >= 11 is 0. The van der Waals surface area contributed by atoms with Gasteiger partial charge in [0.05, 0.1) is 11.8 Å². The van der Waals surface area contributed by atoms with Crippen LogP contribution in [0.4, 0.5) is 0 Å². The molecule has 0 unspecified atom stereocenters. The molecular formula is C15H20O2. The summed E-state index contributed by atoms with van der Waals surface area (Å²) in [5.74, 6) is 1.41. The SMILES string of the molecule is CC(C)CC1=C[C@H](C)C[C@@H]1C(=O)c1ccoc1. The minimum atomic E-state index is 0.0741. The van der Waals surface area contributed by atoms with E-state index in [1.54, 1.807) is 18.6 Å². The Morgan fingerprint density at radius 1 is 1.53 bits per heavy atom. The number of carbonyl (C=O) groups excluding carboxylic acids is 1. The number of furan rings is 1. The Bertz CT molecular complexity index is 412. The third-order valence-electron chi connectivity index (χ3n) is 3.32.